The van der Waals surface area contributed by atoms with Gasteiger partial charge >= 0.3 is 0 Å². The average molecular weight is 426 g/mol. The van der Waals surface area contributed by atoms with E-state index >= 15 is 0 Å². The predicted molar refractivity (Wildman–Crippen MR) is 100 cm³/mol. The lowest BCUT2D eigenvalue weighted by molar-refractivity contribution is -0.118. The molecular formula is C18H20BrNO4S. The Morgan fingerprint density at radius 3 is 2.28 bits per heavy atom. The van der Waals surface area contributed by atoms with Gasteiger partial charge in [-0.3, -0.25) is 4.79 Å². The molecule has 1 N–H and O–H groups in total. The first-order chi connectivity index (χ1) is 11.9. The van der Waals surface area contributed by atoms with Crippen molar-refractivity contribution in [2.24, 2.45) is 0 Å². The number of halogens is 1. The summed E-state index contributed by atoms with van der Waals surface area (Å²) in [7, 11) is -3.93. The summed E-state index contributed by atoms with van der Waals surface area (Å²) < 4.78 is 32.7. The van der Waals surface area contributed by atoms with E-state index in [-0.39, 0.29) is 11.3 Å². The zero-order valence-corrected chi connectivity index (χ0v) is 16.5. The van der Waals surface area contributed by atoms with Gasteiger partial charge in [0.2, 0.25) is 5.91 Å². The number of aryl methyl sites for hydroxylation is 1. The molecule has 1 amide bonds. The third-order valence-electron chi connectivity index (χ3n) is 3.56. The van der Waals surface area contributed by atoms with Crippen molar-refractivity contribution in [1.29, 1.82) is 0 Å². The fraction of sp³-hybridized carbons (Fsp3) is 0.278. The number of sulfonamides is 1. The van der Waals surface area contributed by atoms with E-state index in [0.717, 1.165) is 17.5 Å². The van der Waals surface area contributed by atoms with Crippen molar-refractivity contribution in [3.63, 3.8) is 0 Å². The zero-order chi connectivity index (χ0) is 18.4. The van der Waals surface area contributed by atoms with E-state index in [9.17, 15) is 13.2 Å². The number of amides is 1. The van der Waals surface area contributed by atoms with Gasteiger partial charge in [-0.1, -0.05) is 31.2 Å². The van der Waals surface area contributed by atoms with Crippen LogP contribution in [0.3, 0.4) is 0 Å². The van der Waals surface area contributed by atoms with Crippen molar-refractivity contribution < 1.29 is 17.9 Å². The number of hydrogen-bond donors (Lipinski definition) is 1. The summed E-state index contributed by atoms with van der Waals surface area (Å²) in [4.78, 5) is 12.1. The van der Waals surface area contributed by atoms with Gasteiger partial charge in [0, 0.05) is 0 Å². The van der Waals surface area contributed by atoms with Gasteiger partial charge in [0.05, 0.1) is 22.4 Å². The standard InChI is InChI=1S/C18H20BrNO4S/c1-3-13-5-7-14(8-6-13)11-18(21)20-25(22,23)15-9-10-17(24-4-2)16(19)12-15/h5-10,12H,3-4,11H2,1-2H3,(H,20,21). The van der Waals surface area contributed by atoms with Gasteiger partial charge in [0.15, 0.2) is 0 Å². The third kappa shape index (κ3) is 5.31. The van der Waals surface area contributed by atoms with E-state index in [2.05, 4.69) is 20.7 Å². The van der Waals surface area contributed by atoms with Crippen LogP contribution >= 0.6 is 15.9 Å². The van der Waals surface area contributed by atoms with Gasteiger partial charge < -0.3 is 4.74 Å². The molecule has 0 aliphatic carbocycles. The van der Waals surface area contributed by atoms with Crippen molar-refractivity contribution >= 4 is 31.9 Å². The highest BCUT2D eigenvalue weighted by molar-refractivity contribution is 9.10. The highest BCUT2D eigenvalue weighted by Gasteiger charge is 2.19. The fourth-order valence-electron chi connectivity index (χ4n) is 2.24. The molecule has 2 aromatic rings. The van der Waals surface area contributed by atoms with Crippen molar-refractivity contribution in [2.75, 3.05) is 6.61 Å². The Hall–Kier alpha value is -1.86. The molecule has 25 heavy (non-hydrogen) atoms. The first kappa shape index (κ1) is 19.5. The first-order valence-electron chi connectivity index (χ1n) is 7.91. The lowest BCUT2D eigenvalue weighted by Gasteiger charge is -2.10. The SMILES string of the molecule is CCOc1ccc(S(=O)(=O)NC(=O)Cc2ccc(CC)cc2)cc1Br. The summed E-state index contributed by atoms with van der Waals surface area (Å²) in [6.07, 6.45) is 0.912. The van der Waals surface area contributed by atoms with Crippen LogP contribution in [0.2, 0.25) is 0 Å². The molecule has 0 bridgehead atoms. The summed E-state index contributed by atoms with van der Waals surface area (Å²) in [5, 5.41) is 0. The smallest absolute Gasteiger partial charge is 0.264 e. The minimum Gasteiger partial charge on any atom is -0.493 e. The topological polar surface area (TPSA) is 72.5 Å². The van der Waals surface area contributed by atoms with Gasteiger partial charge in [-0.15, -0.1) is 0 Å². The van der Waals surface area contributed by atoms with Crippen LogP contribution in [0.15, 0.2) is 51.8 Å². The molecular weight excluding hydrogens is 406 g/mol. The molecule has 0 aromatic heterocycles. The van der Waals surface area contributed by atoms with Crippen molar-refractivity contribution in [2.45, 2.75) is 31.6 Å². The molecule has 0 heterocycles. The maximum absolute atomic E-state index is 12.4. The maximum Gasteiger partial charge on any atom is 0.264 e. The number of rotatable bonds is 7. The minimum absolute atomic E-state index is 0.00141. The Kier molecular flexibility index (Phi) is 6.61. The summed E-state index contributed by atoms with van der Waals surface area (Å²) in [5.41, 5.74) is 1.92. The van der Waals surface area contributed by atoms with Crippen molar-refractivity contribution in [3.05, 3.63) is 58.1 Å². The molecule has 0 radical (unpaired) electrons. The normalized spacial score (nSPS) is 11.2. The van der Waals surface area contributed by atoms with Crippen LogP contribution in [0.5, 0.6) is 5.75 Å². The predicted octanol–water partition coefficient (Wildman–Crippen LogP) is 3.46. The van der Waals surface area contributed by atoms with E-state index in [1.165, 1.54) is 12.1 Å². The zero-order valence-electron chi connectivity index (χ0n) is 14.1. The van der Waals surface area contributed by atoms with Crippen LogP contribution in [-0.2, 0) is 27.7 Å². The molecule has 0 fully saturated rings. The number of hydrogen-bond acceptors (Lipinski definition) is 4. The monoisotopic (exact) mass is 425 g/mol. The highest BCUT2D eigenvalue weighted by Crippen LogP contribution is 2.27. The molecule has 0 saturated carbocycles. The van der Waals surface area contributed by atoms with Crippen LogP contribution in [0.25, 0.3) is 0 Å². The van der Waals surface area contributed by atoms with Crippen LogP contribution < -0.4 is 9.46 Å². The molecule has 2 rings (SSSR count). The summed E-state index contributed by atoms with van der Waals surface area (Å²) in [5.74, 6) is -0.0296. The largest absolute Gasteiger partial charge is 0.493 e. The van der Waals surface area contributed by atoms with Crippen molar-refractivity contribution in [3.8, 4) is 5.75 Å². The molecule has 0 atom stereocenters. The maximum atomic E-state index is 12.4. The van der Waals surface area contributed by atoms with Crippen LogP contribution in [0.1, 0.15) is 25.0 Å². The Bertz CT molecular complexity index is 848. The van der Waals surface area contributed by atoms with Crippen LogP contribution in [0.4, 0.5) is 0 Å². The molecule has 2 aromatic carbocycles. The highest BCUT2D eigenvalue weighted by atomic mass is 79.9. The summed E-state index contributed by atoms with van der Waals surface area (Å²) in [6, 6.07) is 11.9. The van der Waals surface area contributed by atoms with Crippen LogP contribution in [0, 0.1) is 0 Å². The average Bonchev–Trinajstić information content (AvgIpc) is 2.57. The molecule has 7 heteroatoms. The first-order valence-corrected chi connectivity index (χ1v) is 10.2. The van der Waals surface area contributed by atoms with E-state index < -0.39 is 15.9 Å². The molecule has 0 spiro atoms. The van der Waals surface area contributed by atoms with Crippen molar-refractivity contribution in [1.82, 2.24) is 4.72 Å². The van der Waals surface area contributed by atoms with Gasteiger partial charge in [-0.25, -0.2) is 13.1 Å². The molecule has 0 saturated heterocycles. The second kappa shape index (κ2) is 8.49. The lowest BCUT2D eigenvalue weighted by Crippen LogP contribution is -2.31. The molecule has 0 aliphatic rings. The Morgan fingerprint density at radius 1 is 1.08 bits per heavy atom. The quantitative estimate of drug-likeness (QED) is 0.736. The van der Waals surface area contributed by atoms with E-state index in [0.29, 0.717) is 16.8 Å². The lowest BCUT2D eigenvalue weighted by atomic mass is 10.1. The Balaban J connectivity index is 2.09. The van der Waals surface area contributed by atoms with E-state index in [4.69, 9.17) is 4.74 Å². The van der Waals surface area contributed by atoms with Gasteiger partial charge in [-0.05, 0) is 58.6 Å². The fourth-order valence-corrected chi connectivity index (χ4v) is 3.90. The number of benzene rings is 2. The second-order valence-electron chi connectivity index (χ2n) is 5.40. The Labute approximate surface area is 156 Å². The molecule has 0 aliphatic heterocycles. The third-order valence-corrected chi connectivity index (χ3v) is 5.55. The number of ether oxygens (including phenoxy) is 1. The van der Waals surface area contributed by atoms with Gasteiger partial charge in [0.1, 0.15) is 5.75 Å². The van der Waals surface area contributed by atoms with Crippen LogP contribution in [-0.4, -0.2) is 20.9 Å². The van der Waals surface area contributed by atoms with E-state index in [1.807, 2.05) is 38.1 Å². The number of carbonyl (C=O) groups is 1. The minimum atomic E-state index is -3.93. The van der Waals surface area contributed by atoms with Gasteiger partial charge in [0.25, 0.3) is 10.0 Å². The number of carbonyl (C=O) groups excluding carboxylic acids is 1. The summed E-state index contributed by atoms with van der Waals surface area (Å²) >= 11 is 3.27. The second-order valence-corrected chi connectivity index (χ2v) is 7.94. The summed E-state index contributed by atoms with van der Waals surface area (Å²) in [6.45, 7) is 4.35. The van der Waals surface area contributed by atoms with E-state index in [1.54, 1.807) is 6.07 Å². The number of nitrogens with one attached hydrogen (secondary N) is 1. The Morgan fingerprint density at radius 2 is 1.72 bits per heavy atom. The molecule has 0 unspecified atom stereocenters. The van der Waals surface area contributed by atoms with Gasteiger partial charge in [-0.2, -0.15) is 0 Å². The molecule has 134 valence electrons. The molecule has 5 nitrogen and oxygen atoms in total.